The molecule has 0 radical (unpaired) electrons. The lowest BCUT2D eigenvalue weighted by molar-refractivity contribution is 0.0694. The third kappa shape index (κ3) is 1.50. The molecule has 1 aliphatic carbocycles. The van der Waals surface area contributed by atoms with Crippen LogP contribution in [0, 0.1) is 13.8 Å². The van der Waals surface area contributed by atoms with Crippen molar-refractivity contribution in [3.63, 3.8) is 0 Å². The van der Waals surface area contributed by atoms with Gasteiger partial charge in [-0.15, -0.1) is 0 Å². The van der Waals surface area contributed by atoms with E-state index in [0.29, 0.717) is 17.2 Å². The second kappa shape index (κ2) is 3.08. The summed E-state index contributed by atoms with van der Waals surface area (Å²) in [5.41, 5.74) is 2.88. The Hall–Kier alpha value is -1.38. The van der Waals surface area contributed by atoms with E-state index in [2.05, 4.69) is 4.98 Å². The highest BCUT2D eigenvalue weighted by Crippen LogP contribution is 2.39. The minimum atomic E-state index is -0.880. The molecule has 1 saturated carbocycles. The van der Waals surface area contributed by atoms with Crippen molar-refractivity contribution < 1.29 is 9.90 Å². The number of aryl methyl sites for hydroxylation is 2. The maximum atomic E-state index is 10.9. The van der Waals surface area contributed by atoms with E-state index in [0.717, 1.165) is 11.3 Å². The Morgan fingerprint density at radius 1 is 1.50 bits per heavy atom. The maximum Gasteiger partial charge on any atom is 0.337 e. The highest BCUT2D eigenvalue weighted by Gasteiger charge is 2.26. The van der Waals surface area contributed by atoms with E-state index in [-0.39, 0.29) is 0 Å². The van der Waals surface area contributed by atoms with Crippen LogP contribution in [0.3, 0.4) is 0 Å². The van der Waals surface area contributed by atoms with Crippen molar-refractivity contribution in [3.05, 3.63) is 28.6 Å². The van der Waals surface area contributed by atoms with Crippen molar-refractivity contribution in [2.45, 2.75) is 32.6 Å². The van der Waals surface area contributed by atoms with Gasteiger partial charge in [0.2, 0.25) is 0 Å². The maximum absolute atomic E-state index is 10.9. The Kier molecular flexibility index (Phi) is 2.02. The Labute approximate surface area is 82.8 Å². The first-order valence-electron chi connectivity index (χ1n) is 4.81. The number of aromatic carboxylic acids is 1. The normalized spacial score (nSPS) is 15.6. The van der Waals surface area contributed by atoms with Gasteiger partial charge in [-0.3, -0.25) is 4.98 Å². The topological polar surface area (TPSA) is 50.2 Å². The highest BCUT2D eigenvalue weighted by atomic mass is 16.4. The molecule has 0 aromatic carbocycles. The molecule has 3 nitrogen and oxygen atoms in total. The molecule has 1 aromatic rings. The third-order valence-electron chi connectivity index (χ3n) is 2.63. The summed E-state index contributed by atoms with van der Waals surface area (Å²) in [7, 11) is 0. The first-order valence-corrected chi connectivity index (χ1v) is 4.81. The number of rotatable bonds is 2. The van der Waals surface area contributed by atoms with E-state index >= 15 is 0 Å². The molecular weight excluding hydrogens is 178 g/mol. The number of hydrogen-bond acceptors (Lipinski definition) is 2. The Morgan fingerprint density at radius 3 is 2.57 bits per heavy atom. The molecular formula is C11H13NO2. The van der Waals surface area contributed by atoms with Gasteiger partial charge in [-0.05, 0) is 38.3 Å². The molecule has 3 heteroatoms. The number of hydrogen-bond donors (Lipinski definition) is 1. The van der Waals surface area contributed by atoms with Crippen molar-refractivity contribution >= 4 is 5.97 Å². The van der Waals surface area contributed by atoms with Crippen LogP contribution >= 0.6 is 0 Å². The van der Waals surface area contributed by atoms with Gasteiger partial charge in [0.05, 0.1) is 11.3 Å². The second-order valence-electron chi connectivity index (χ2n) is 3.90. The summed E-state index contributed by atoms with van der Waals surface area (Å²) >= 11 is 0. The zero-order valence-electron chi connectivity index (χ0n) is 8.37. The lowest BCUT2D eigenvalue weighted by Gasteiger charge is -2.07. The van der Waals surface area contributed by atoms with Gasteiger partial charge in [-0.1, -0.05) is 0 Å². The first kappa shape index (κ1) is 9.19. The summed E-state index contributed by atoms with van der Waals surface area (Å²) in [5.74, 6) is -0.301. The van der Waals surface area contributed by atoms with Gasteiger partial charge in [0, 0.05) is 11.6 Å². The summed E-state index contributed by atoms with van der Waals surface area (Å²) in [6, 6.07) is 1.91. The Morgan fingerprint density at radius 2 is 2.14 bits per heavy atom. The molecule has 0 aliphatic heterocycles. The zero-order valence-corrected chi connectivity index (χ0v) is 8.37. The molecule has 0 bridgehead atoms. The molecule has 0 amide bonds. The van der Waals surface area contributed by atoms with E-state index in [4.69, 9.17) is 5.11 Å². The highest BCUT2D eigenvalue weighted by molar-refractivity contribution is 5.90. The van der Waals surface area contributed by atoms with E-state index < -0.39 is 5.97 Å². The second-order valence-corrected chi connectivity index (χ2v) is 3.90. The fraction of sp³-hybridized carbons (Fsp3) is 0.455. The Balaban J connectivity index is 2.49. The molecule has 14 heavy (non-hydrogen) atoms. The fourth-order valence-electron chi connectivity index (χ4n) is 1.77. The summed E-state index contributed by atoms with van der Waals surface area (Å²) in [6.07, 6.45) is 2.39. The van der Waals surface area contributed by atoms with Crippen LogP contribution in [0.4, 0.5) is 0 Å². The summed E-state index contributed by atoms with van der Waals surface area (Å²) in [6.45, 7) is 3.60. The largest absolute Gasteiger partial charge is 0.478 e. The van der Waals surface area contributed by atoms with Crippen molar-refractivity contribution in [3.8, 4) is 0 Å². The number of carboxylic acids is 1. The zero-order chi connectivity index (χ0) is 10.3. The average molecular weight is 191 g/mol. The molecule has 0 atom stereocenters. The van der Waals surface area contributed by atoms with Crippen LogP contribution < -0.4 is 0 Å². The van der Waals surface area contributed by atoms with Gasteiger partial charge in [0.25, 0.3) is 0 Å². The molecule has 0 unspecified atom stereocenters. The molecule has 1 aliphatic rings. The summed E-state index contributed by atoms with van der Waals surface area (Å²) in [4.78, 5) is 15.2. The lowest BCUT2D eigenvalue weighted by atomic mass is 10.1. The van der Waals surface area contributed by atoms with Gasteiger partial charge in [0.15, 0.2) is 0 Å². The van der Waals surface area contributed by atoms with Gasteiger partial charge in [-0.2, -0.15) is 0 Å². The third-order valence-corrected chi connectivity index (χ3v) is 2.63. The van der Waals surface area contributed by atoms with Crippen LogP contribution in [-0.4, -0.2) is 16.1 Å². The first-order chi connectivity index (χ1) is 6.59. The SMILES string of the molecule is Cc1cc(C2CC2)nc(C)c1C(=O)O. The van der Waals surface area contributed by atoms with Crippen molar-refractivity contribution in [2.75, 3.05) is 0 Å². The lowest BCUT2D eigenvalue weighted by Crippen LogP contribution is -2.06. The van der Waals surface area contributed by atoms with Crippen LogP contribution in [0.2, 0.25) is 0 Å². The molecule has 0 spiro atoms. The molecule has 1 fully saturated rings. The number of carboxylic acid groups (broad SMARTS) is 1. The van der Waals surface area contributed by atoms with Crippen molar-refractivity contribution in [1.29, 1.82) is 0 Å². The average Bonchev–Trinajstić information content (AvgIpc) is 2.83. The number of pyridine rings is 1. The standard InChI is InChI=1S/C11H13NO2/c1-6-5-9(8-3-4-8)12-7(2)10(6)11(13)14/h5,8H,3-4H2,1-2H3,(H,13,14). The van der Waals surface area contributed by atoms with Crippen molar-refractivity contribution in [1.82, 2.24) is 4.98 Å². The summed E-state index contributed by atoms with van der Waals surface area (Å²) < 4.78 is 0. The van der Waals surface area contributed by atoms with E-state index in [1.54, 1.807) is 6.92 Å². The minimum absolute atomic E-state index is 0.356. The van der Waals surface area contributed by atoms with Crippen LogP contribution in [-0.2, 0) is 0 Å². The predicted molar refractivity (Wildman–Crippen MR) is 52.6 cm³/mol. The van der Waals surface area contributed by atoms with Gasteiger partial charge in [-0.25, -0.2) is 4.79 Å². The Bertz CT molecular complexity index is 371. The fourth-order valence-corrected chi connectivity index (χ4v) is 1.77. The van der Waals surface area contributed by atoms with Gasteiger partial charge < -0.3 is 5.11 Å². The van der Waals surface area contributed by atoms with Crippen LogP contribution in [0.15, 0.2) is 6.07 Å². The van der Waals surface area contributed by atoms with Crippen LogP contribution in [0.25, 0.3) is 0 Å². The molecule has 1 N–H and O–H groups in total. The summed E-state index contributed by atoms with van der Waals surface area (Å²) in [5, 5.41) is 8.95. The molecule has 74 valence electrons. The molecule has 1 heterocycles. The quantitative estimate of drug-likeness (QED) is 0.780. The monoisotopic (exact) mass is 191 g/mol. The minimum Gasteiger partial charge on any atom is -0.478 e. The van der Waals surface area contributed by atoms with Gasteiger partial charge in [0.1, 0.15) is 0 Å². The van der Waals surface area contributed by atoms with Gasteiger partial charge >= 0.3 is 5.97 Å². The molecule has 2 rings (SSSR count). The predicted octanol–water partition coefficient (Wildman–Crippen LogP) is 2.27. The van der Waals surface area contributed by atoms with Crippen LogP contribution in [0.5, 0.6) is 0 Å². The number of carbonyl (C=O) groups is 1. The number of nitrogens with zero attached hydrogens (tertiary/aromatic N) is 1. The van der Waals surface area contributed by atoms with E-state index in [1.165, 1.54) is 12.8 Å². The van der Waals surface area contributed by atoms with E-state index in [1.807, 2.05) is 13.0 Å². The number of aromatic nitrogens is 1. The molecule has 0 saturated heterocycles. The van der Waals surface area contributed by atoms with Crippen LogP contribution in [0.1, 0.15) is 46.1 Å². The molecule has 1 aromatic heterocycles. The smallest absolute Gasteiger partial charge is 0.337 e. The van der Waals surface area contributed by atoms with Crippen molar-refractivity contribution in [2.24, 2.45) is 0 Å². The van der Waals surface area contributed by atoms with E-state index in [9.17, 15) is 4.79 Å².